The first-order chi connectivity index (χ1) is 18.3. The molecule has 0 spiro atoms. The minimum atomic E-state index is 0.0855. The fourth-order valence-corrected chi connectivity index (χ4v) is 5.20. The average Bonchev–Trinajstić information content (AvgIpc) is 2.83. The van der Waals surface area contributed by atoms with Gasteiger partial charge in [0.1, 0.15) is 0 Å². The second-order valence-corrected chi connectivity index (χ2v) is 16.2. The smallest absolute Gasteiger partial charge is 0.0682 e. The maximum atomic E-state index is 10.1. The van der Waals surface area contributed by atoms with Gasteiger partial charge in [-0.3, -0.25) is 0 Å². The van der Waals surface area contributed by atoms with Gasteiger partial charge in [0.25, 0.3) is 0 Å². The van der Waals surface area contributed by atoms with Crippen molar-refractivity contribution >= 4 is 0 Å². The zero-order valence-corrected chi connectivity index (χ0v) is 27.7. The van der Waals surface area contributed by atoms with Gasteiger partial charge in [-0.25, -0.2) is 0 Å². The summed E-state index contributed by atoms with van der Waals surface area (Å²) in [6.45, 7) is 27.7. The van der Waals surface area contributed by atoms with Crippen LogP contribution in [-0.2, 0) is 54.0 Å². The maximum absolute atomic E-state index is 10.1. The molecule has 0 heterocycles. The lowest BCUT2D eigenvalue weighted by molar-refractivity contribution is 0.281. The van der Waals surface area contributed by atoms with Crippen LogP contribution in [0.5, 0.6) is 0 Å². The summed E-state index contributed by atoms with van der Waals surface area (Å²) in [7, 11) is 0. The van der Waals surface area contributed by atoms with E-state index in [0.29, 0.717) is 0 Å². The first-order valence-electron chi connectivity index (χ1n) is 15.3. The van der Waals surface area contributed by atoms with E-state index in [-0.39, 0.29) is 28.3 Å². The van der Waals surface area contributed by atoms with Gasteiger partial charge in [0, 0.05) is 0 Å². The summed E-state index contributed by atoms with van der Waals surface area (Å²) in [5, 5.41) is 10.1. The number of aliphatic hydroxyl groups is 1. The van der Waals surface area contributed by atoms with Crippen LogP contribution >= 0.6 is 0 Å². The standard InChI is InChI=1S/C39H56O/c1-36(2,3)32-20-29(21-33(24-32)37(4,5)6)15-13-27-17-28(19-31(18-27)26-40)14-16-30-22-34(38(7,8)9)25-35(23-30)39(10,11)12/h17-25,40H,13-16,26H2,1-12H3. The van der Waals surface area contributed by atoms with Crippen molar-refractivity contribution in [2.24, 2.45) is 0 Å². The van der Waals surface area contributed by atoms with Crippen LogP contribution in [0.2, 0.25) is 0 Å². The summed E-state index contributed by atoms with van der Waals surface area (Å²) in [6.07, 6.45) is 3.96. The minimum absolute atomic E-state index is 0.0855. The maximum Gasteiger partial charge on any atom is 0.0682 e. The normalized spacial score (nSPS) is 13.1. The minimum Gasteiger partial charge on any atom is -0.392 e. The van der Waals surface area contributed by atoms with Crippen LogP contribution in [0, 0.1) is 0 Å². The predicted molar refractivity (Wildman–Crippen MR) is 175 cm³/mol. The number of hydrogen-bond acceptors (Lipinski definition) is 1. The predicted octanol–water partition coefficient (Wildman–Crippen LogP) is 9.94. The second-order valence-electron chi connectivity index (χ2n) is 16.2. The summed E-state index contributed by atoms with van der Waals surface area (Å²) < 4.78 is 0. The van der Waals surface area contributed by atoms with E-state index in [1.165, 1.54) is 44.5 Å². The molecular weight excluding hydrogens is 484 g/mol. The average molecular weight is 541 g/mol. The van der Waals surface area contributed by atoms with Crippen molar-refractivity contribution in [2.45, 2.75) is 137 Å². The molecule has 0 saturated carbocycles. The molecule has 0 bridgehead atoms. The van der Waals surface area contributed by atoms with Gasteiger partial charge in [-0.05, 0) is 97.4 Å². The van der Waals surface area contributed by atoms with E-state index in [1.54, 1.807) is 0 Å². The molecule has 0 saturated heterocycles. The third kappa shape index (κ3) is 8.81. The zero-order chi connectivity index (χ0) is 30.1. The summed E-state index contributed by atoms with van der Waals surface area (Å²) in [5.41, 5.74) is 12.6. The van der Waals surface area contributed by atoms with E-state index in [9.17, 15) is 5.11 Å². The van der Waals surface area contributed by atoms with E-state index >= 15 is 0 Å². The van der Waals surface area contributed by atoms with E-state index in [2.05, 4.69) is 138 Å². The molecule has 0 amide bonds. The van der Waals surface area contributed by atoms with Crippen molar-refractivity contribution in [1.29, 1.82) is 0 Å². The van der Waals surface area contributed by atoms with Crippen molar-refractivity contribution in [3.05, 3.63) is 105 Å². The Labute approximate surface area is 246 Å². The Morgan fingerprint density at radius 1 is 0.350 bits per heavy atom. The van der Waals surface area contributed by atoms with Crippen LogP contribution < -0.4 is 0 Å². The van der Waals surface area contributed by atoms with Gasteiger partial charge in [-0.2, -0.15) is 0 Å². The Morgan fingerprint density at radius 3 is 0.800 bits per heavy atom. The van der Waals surface area contributed by atoms with Crippen LogP contribution in [0.1, 0.15) is 133 Å². The van der Waals surface area contributed by atoms with Crippen LogP contribution in [0.4, 0.5) is 0 Å². The molecule has 1 N–H and O–H groups in total. The van der Waals surface area contributed by atoms with Crippen molar-refractivity contribution in [2.75, 3.05) is 0 Å². The van der Waals surface area contributed by atoms with Gasteiger partial charge in [-0.1, -0.05) is 138 Å². The number of hydrogen-bond donors (Lipinski definition) is 1. The molecule has 0 radical (unpaired) electrons. The Kier molecular flexibility index (Phi) is 9.52. The fraction of sp³-hybridized carbons (Fsp3) is 0.538. The van der Waals surface area contributed by atoms with Crippen LogP contribution in [-0.4, -0.2) is 5.11 Å². The number of benzene rings is 3. The summed E-state index contributed by atoms with van der Waals surface area (Å²) in [4.78, 5) is 0. The highest BCUT2D eigenvalue weighted by molar-refractivity contribution is 5.40. The highest BCUT2D eigenvalue weighted by atomic mass is 16.3. The largest absolute Gasteiger partial charge is 0.392 e. The molecule has 0 aliphatic heterocycles. The van der Waals surface area contributed by atoms with E-state index < -0.39 is 0 Å². The first-order valence-corrected chi connectivity index (χ1v) is 15.3. The van der Waals surface area contributed by atoms with Gasteiger partial charge in [-0.15, -0.1) is 0 Å². The Balaban J connectivity index is 1.85. The molecule has 3 aromatic rings. The summed E-state index contributed by atoms with van der Waals surface area (Å²) in [5.74, 6) is 0. The number of aliphatic hydroxyl groups excluding tert-OH is 1. The lowest BCUT2D eigenvalue weighted by atomic mass is 9.79. The van der Waals surface area contributed by atoms with Crippen LogP contribution in [0.25, 0.3) is 0 Å². The lowest BCUT2D eigenvalue weighted by Gasteiger charge is -2.26. The van der Waals surface area contributed by atoms with E-state index in [1.807, 2.05) is 0 Å². The first kappa shape index (κ1) is 32.1. The van der Waals surface area contributed by atoms with Crippen LogP contribution in [0.15, 0.2) is 54.6 Å². The third-order valence-electron chi connectivity index (χ3n) is 8.15. The lowest BCUT2D eigenvalue weighted by Crippen LogP contribution is -2.17. The second kappa shape index (κ2) is 11.8. The van der Waals surface area contributed by atoms with Gasteiger partial charge in [0.2, 0.25) is 0 Å². The topological polar surface area (TPSA) is 20.2 Å². The Morgan fingerprint density at radius 2 is 0.575 bits per heavy atom. The fourth-order valence-electron chi connectivity index (χ4n) is 5.20. The molecular formula is C39H56O. The molecule has 0 aliphatic carbocycles. The van der Waals surface area contributed by atoms with Gasteiger partial charge in [0.15, 0.2) is 0 Å². The van der Waals surface area contributed by atoms with Crippen molar-refractivity contribution in [3.8, 4) is 0 Å². The molecule has 0 aromatic heterocycles. The van der Waals surface area contributed by atoms with E-state index in [4.69, 9.17) is 0 Å². The molecule has 0 aliphatic rings. The van der Waals surface area contributed by atoms with Gasteiger partial charge < -0.3 is 5.11 Å². The molecule has 0 fully saturated rings. The van der Waals surface area contributed by atoms with Crippen molar-refractivity contribution in [3.63, 3.8) is 0 Å². The summed E-state index contributed by atoms with van der Waals surface area (Å²) >= 11 is 0. The summed E-state index contributed by atoms with van der Waals surface area (Å²) in [6, 6.07) is 21.2. The Bertz CT molecular complexity index is 1130. The van der Waals surface area contributed by atoms with Crippen molar-refractivity contribution in [1.82, 2.24) is 0 Å². The number of rotatable bonds is 7. The highest BCUT2D eigenvalue weighted by Gasteiger charge is 2.22. The monoisotopic (exact) mass is 540 g/mol. The molecule has 0 atom stereocenters. The molecule has 3 aromatic carbocycles. The van der Waals surface area contributed by atoms with Crippen molar-refractivity contribution < 1.29 is 5.11 Å². The molecule has 0 unspecified atom stereocenters. The van der Waals surface area contributed by atoms with E-state index in [0.717, 1.165) is 31.2 Å². The molecule has 1 nitrogen and oxygen atoms in total. The third-order valence-corrected chi connectivity index (χ3v) is 8.15. The Hall–Kier alpha value is -2.38. The SMILES string of the molecule is CC(C)(C)c1cc(CCc2cc(CO)cc(CCc3cc(C(C)(C)C)cc(C(C)(C)C)c3)c2)cc(C(C)(C)C)c1. The number of aryl methyl sites for hydroxylation is 4. The quantitative estimate of drug-likeness (QED) is 0.316. The zero-order valence-electron chi connectivity index (χ0n) is 27.7. The van der Waals surface area contributed by atoms with Gasteiger partial charge in [0.05, 0.1) is 6.61 Å². The molecule has 218 valence electrons. The van der Waals surface area contributed by atoms with Gasteiger partial charge >= 0.3 is 0 Å². The van der Waals surface area contributed by atoms with Crippen LogP contribution in [0.3, 0.4) is 0 Å². The molecule has 3 rings (SSSR count). The molecule has 40 heavy (non-hydrogen) atoms. The highest BCUT2D eigenvalue weighted by Crippen LogP contribution is 2.32. The molecule has 1 heteroatoms.